The number of hydrogen-bond acceptors (Lipinski definition) is 3. The number of halogens is 1. The summed E-state index contributed by atoms with van der Waals surface area (Å²) in [5.74, 6) is -0.629. The van der Waals surface area contributed by atoms with Gasteiger partial charge in [-0.05, 0) is 55.0 Å². The van der Waals surface area contributed by atoms with Crippen LogP contribution in [0.2, 0.25) is 5.02 Å². The largest absolute Gasteiger partial charge is 0.341 e. The van der Waals surface area contributed by atoms with Gasteiger partial charge in [0.2, 0.25) is 5.91 Å². The first-order chi connectivity index (χ1) is 13.0. The van der Waals surface area contributed by atoms with Crippen molar-refractivity contribution in [3.8, 4) is 0 Å². The molecule has 2 aromatic carbocycles. The number of anilines is 1. The fraction of sp³-hybridized carbons (Fsp3) is 0.150. The van der Waals surface area contributed by atoms with Crippen LogP contribution in [0.4, 0.5) is 5.69 Å². The Morgan fingerprint density at radius 2 is 1.93 bits per heavy atom. The smallest absolute Gasteiger partial charge is 0.251 e. The Morgan fingerprint density at radius 1 is 1.15 bits per heavy atom. The number of hydrogen-bond donors (Lipinski definition) is 2. The van der Waals surface area contributed by atoms with Gasteiger partial charge in [0.1, 0.15) is 6.04 Å². The van der Waals surface area contributed by atoms with E-state index in [0.717, 1.165) is 5.56 Å². The first-order valence-electron chi connectivity index (χ1n) is 8.45. The van der Waals surface area contributed by atoms with E-state index in [-0.39, 0.29) is 11.8 Å². The fourth-order valence-corrected chi connectivity index (χ4v) is 2.65. The van der Waals surface area contributed by atoms with Crippen LogP contribution in [0, 0.1) is 0 Å². The van der Waals surface area contributed by atoms with Gasteiger partial charge in [-0.2, -0.15) is 5.10 Å². The van der Waals surface area contributed by atoms with Gasteiger partial charge in [-0.3, -0.25) is 14.3 Å². The van der Waals surface area contributed by atoms with Gasteiger partial charge < -0.3 is 10.6 Å². The predicted molar refractivity (Wildman–Crippen MR) is 105 cm³/mol. The van der Waals surface area contributed by atoms with Crippen molar-refractivity contribution in [3.63, 3.8) is 0 Å². The zero-order valence-corrected chi connectivity index (χ0v) is 15.5. The summed E-state index contributed by atoms with van der Waals surface area (Å²) in [7, 11) is 0. The summed E-state index contributed by atoms with van der Waals surface area (Å²) in [6.45, 7) is 2.25. The number of benzene rings is 2. The van der Waals surface area contributed by atoms with E-state index >= 15 is 0 Å². The summed E-state index contributed by atoms with van der Waals surface area (Å²) in [6.07, 6.45) is 3.59. The average molecular weight is 383 g/mol. The van der Waals surface area contributed by atoms with Gasteiger partial charge in [0, 0.05) is 28.7 Å². The third-order valence-corrected chi connectivity index (χ3v) is 4.20. The molecular weight excluding hydrogens is 364 g/mol. The van der Waals surface area contributed by atoms with Crippen LogP contribution in [0.15, 0.2) is 67.0 Å². The molecule has 1 heterocycles. The van der Waals surface area contributed by atoms with E-state index in [4.69, 9.17) is 11.6 Å². The first kappa shape index (κ1) is 18.7. The van der Waals surface area contributed by atoms with E-state index in [2.05, 4.69) is 15.7 Å². The summed E-state index contributed by atoms with van der Waals surface area (Å²) in [5, 5.41) is 10.2. The molecule has 0 spiro atoms. The maximum absolute atomic E-state index is 12.4. The summed E-state index contributed by atoms with van der Waals surface area (Å²) in [6, 6.07) is 15.2. The SMILES string of the molecule is CC(NC(=O)c1ccc(Cl)cc1)C(=O)Nc1cccc(Cn2cccn2)c1. The normalized spacial score (nSPS) is 11.6. The minimum Gasteiger partial charge on any atom is -0.341 e. The highest BCUT2D eigenvalue weighted by Gasteiger charge is 2.17. The Hall–Kier alpha value is -3.12. The van der Waals surface area contributed by atoms with Gasteiger partial charge >= 0.3 is 0 Å². The number of amides is 2. The van der Waals surface area contributed by atoms with Crippen LogP contribution in [0.1, 0.15) is 22.8 Å². The number of carbonyl (C=O) groups excluding carboxylic acids is 2. The molecule has 3 aromatic rings. The molecule has 138 valence electrons. The third-order valence-electron chi connectivity index (χ3n) is 3.95. The molecule has 0 saturated carbocycles. The second-order valence-corrected chi connectivity index (χ2v) is 6.53. The lowest BCUT2D eigenvalue weighted by atomic mass is 10.1. The molecule has 27 heavy (non-hydrogen) atoms. The van der Waals surface area contributed by atoms with E-state index in [1.807, 2.05) is 30.5 Å². The van der Waals surface area contributed by atoms with Crippen molar-refractivity contribution in [2.24, 2.45) is 0 Å². The van der Waals surface area contributed by atoms with Gasteiger partial charge in [0.15, 0.2) is 0 Å². The summed E-state index contributed by atoms with van der Waals surface area (Å²) in [4.78, 5) is 24.6. The van der Waals surface area contributed by atoms with Crippen molar-refractivity contribution in [1.29, 1.82) is 0 Å². The van der Waals surface area contributed by atoms with E-state index in [1.54, 1.807) is 48.1 Å². The zero-order chi connectivity index (χ0) is 19.2. The average Bonchev–Trinajstić information content (AvgIpc) is 3.15. The van der Waals surface area contributed by atoms with E-state index in [0.29, 0.717) is 22.8 Å². The second kappa shape index (κ2) is 8.51. The summed E-state index contributed by atoms with van der Waals surface area (Å²) >= 11 is 5.82. The molecule has 6 nitrogen and oxygen atoms in total. The lowest BCUT2D eigenvalue weighted by Gasteiger charge is -2.15. The fourth-order valence-electron chi connectivity index (χ4n) is 2.53. The van der Waals surface area contributed by atoms with Crippen molar-refractivity contribution < 1.29 is 9.59 Å². The summed E-state index contributed by atoms with van der Waals surface area (Å²) in [5.41, 5.74) is 2.12. The molecule has 0 bridgehead atoms. The minimum atomic E-state index is -0.692. The molecule has 0 fully saturated rings. The van der Waals surface area contributed by atoms with Crippen LogP contribution in [-0.2, 0) is 11.3 Å². The van der Waals surface area contributed by atoms with Crippen molar-refractivity contribution in [1.82, 2.24) is 15.1 Å². The molecule has 1 aromatic heterocycles. The second-order valence-electron chi connectivity index (χ2n) is 6.10. The van der Waals surface area contributed by atoms with Crippen molar-refractivity contribution >= 4 is 29.1 Å². The van der Waals surface area contributed by atoms with Gasteiger partial charge in [0.05, 0.1) is 6.54 Å². The quantitative estimate of drug-likeness (QED) is 0.686. The monoisotopic (exact) mass is 382 g/mol. The Balaban J connectivity index is 1.59. The van der Waals surface area contributed by atoms with Crippen LogP contribution in [-0.4, -0.2) is 27.6 Å². The number of nitrogens with zero attached hydrogens (tertiary/aromatic N) is 2. The molecule has 2 N–H and O–H groups in total. The number of nitrogens with one attached hydrogen (secondary N) is 2. The Kier molecular flexibility index (Phi) is 5.88. The highest BCUT2D eigenvalue weighted by Crippen LogP contribution is 2.13. The Labute approximate surface area is 162 Å². The molecule has 1 unspecified atom stereocenters. The molecule has 3 rings (SSSR count). The molecule has 7 heteroatoms. The molecule has 0 aliphatic rings. The van der Waals surface area contributed by atoms with Crippen LogP contribution < -0.4 is 10.6 Å². The molecular formula is C20H19ClN4O2. The number of rotatable bonds is 6. The third kappa shape index (κ3) is 5.18. The van der Waals surface area contributed by atoms with Gasteiger partial charge in [0.25, 0.3) is 5.91 Å². The molecule has 0 aliphatic carbocycles. The Bertz CT molecular complexity index is 923. The van der Waals surface area contributed by atoms with Crippen LogP contribution in [0.3, 0.4) is 0 Å². The number of carbonyl (C=O) groups is 2. The maximum atomic E-state index is 12.4. The van der Waals surface area contributed by atoms with Crippen molar-refractivity contribution in [2.75, 3.05) is 5.32 Å². The molecule has 1 atom stereocenters. The molecule has 0 radical (unpaired) electrons. The first-order valence-corrected chi connectivity index (χ1v) is 8.83. The molecule has 0 aliphatic heterocycles. The van der Waals surface area contributed by atoms with Gasteiger partial charge in [-0.15, -0.1) is 0 Å². The van der Waals surface area contributed by atoms with Crippen LogP contribution in [0.5, 0.6) is 0 Å². The lowest BCUT2D eigenvalue weighted by molar-refractivity contribution is -0.117. The van der Waals surface area contributed by atoms with Crippen LogP contribution >= 0.6 is 11.6 Å². The van der Waals surface area contributed by atoms with E-state index < -0.39 is 6.04 Å². The van der Waals surface area contributed by atoms with Gasteiger partial charge in [-0.25, -0.2) is 0 Å². The van der Waals surface area contributed by atoms with Crippen molar-refractivity contribution in [3.05, 3.63) is 83.1 Å². The predicted octanol–water partition coefficient (Wildman–Crippen LogP) is 3.34. The topological polar surface area (TPSA) is 76.0 Å². The maximum Gasteiger partial charge on any atom is 0.251 e. The molecule has 0 saturated heterocycles. The number of aromatic nitrogens is 2. The van der Waals surface area contributed by atoms with E-state index in [1.165, 1.54) is 0 Å². The highest BCUT2D eigenvalue weighted by atomic mass is 35.5. The molecule has 2 amide bonds. The minimum absolute atomic E-state index is 0.298. The van der Waals surface area contributed by atoms with E-state index in [9.17, 15) is 9.59 Å². The Morgan fingerprint density at radius 3 is 2.63 bits per heavy atom. The highest BCUT2D eigenvalue weighted by molar-refractivity contribution is 6.30. The zero-order valence-electron chi connectivity index (χ0n) is 14.7. The van der Waals surface area contributed by atoms with Crippen LogP contribution in [0.25, 0.3) is 0 Å². The van der Waals surface area contributed by atoms with Gasteiger partial charge in [-0.1, -0.05) is 23.7 Å². The standard InChI is InChI=1S/C20H19ClN4O2/c1-14(23-20(27)16-6-8-17(21)9-7-16)19(26)24-18-5-2-4-15(12-18)13-25-11-3-10-22-25/h2-12,14H,13H2,1H3,(H,23,27)(H,24,26). The summed E-state index contributed by atoms with van der Waals surface area (Å²) < 4.78 is 1.80. The lowest BCUT2D eigenvalue weighted by Crippen LogP contribution is -2.41. The van der Waals surface area contributed by atoms with Crippen molar-refractivity contribution in [2.45, 2.75) is 19.5 Å².